The lowest BCUT2D eigenvalue weighted by Gasteiger charge is -2.26. The number of benzene rings is 2. The van der Waals surface area contributed by atoms with E-state index >= 15 is 0 Å². The van der Waals surface area contributed by atoms with Crippen LogP contribution in [0.1, 0.15) is 28.4 Å². The zero-order valence-corrected chi connectivity index (χ0v) is 16.1. The molecule has 0 bridgehead atoms. The number of rotatable bonds is 7. The van der Waals surface area contributed by atoms with Crippen molar-refractivity contribution in [3.05, 3.63) is 106 Å². The molecule has 0 fully saturated rings. The van der Waals surface area contributed by atoms with Crippen LogP contribution < -0.4 is 5.56 Å². The molecule has 0 aliphatic carbocycles. The molecule has 3 rings (SSSR count). The average molecular weight is 390 g/mol. The molecule has 1 heterocycles. The molecule has 1 aromatic heterocycles. The molecule has 2 aromatic carbocycles. The zero-order valence-electron chi connectivity index (χ0n) is 16.1. The van der Waals surface area contributed by atoms with Crippen molar-refractivity contribution in [2.24, 2.45) is 0 Å². The van der Waals surface area contributed by atoms with Gasteiger partial charge in [0.25, 0.3) is 11.5 Å². The Morgan fingerprint density at radius 2 is 1.45 bits per heavy atom. The van der Waals surface area contributed by atoms with Crippen LogP contribution in [0.15, 0.2) is 83.8 Å². The summed E-state index contributed by atoms with van der Waals surface area (Å²) in [4.78, 5) is 41.2. The predicted octanol–water partition coefficient (Wildman–Crippen LogP) is 3.15. The fraction of sp³-hybridized carbons (Fsp3) is 0.174. The molecule has 0 radical (unpaired) electrons. The summed E-state index contributed by atoms with van der Waals surface area (Å²) in [6.07, 6.45) is 0.393. The minimum atomic E-state index is -1.03. The molecular weight excluding hydrogens is 368 g/mol. The quantitative estimate of drug-likeness (QED) is 0.629. The summed E-state index contributed by atoms with van der Waals surface area (Å²) in [5, 5.41) is 0. The van der Waals surface area contributed by atoms with Gasteiger partial charge in [0.15, 0.2) is 6.10 Å². The van der Waals surface area contributed by atoms with E-state index in [9.17, 15) is 14.4 Å². The van der Waals surface area contributed by atoms with E-state index in [4.69, 9.17) is 4.74 Å². The Balaban J connectivity index is 1.76. The standard InChI is InChI=1S/C23H22N2O4/c1-17(29-23(28)20-13-8-14-24-21(20)26)22(27)25(15-18-9-4-2-5-10-18)16-19-11-6-3-7-12-19/h2-14,17H,15-16H2,1H3,(H,24,26)/t17-/m1/s1. The van der Waals surface area contributed by atoms with E-state index in [1.807, 2.05) is 60.7 Å². The summed E-state index contributed by atoms with van der Waals surface area (Å²) in [7, 11) is 0. The zero-order chi connectivity index (χ0) is 20.6. The summed E-state index contributed by atoms with van der Waals surface area (Å²) in [6, 6.07) is 22.1. The lowest BCUT2D eigenvalue weighted by Crippen LogP contribution is -2.39. The summed E-state index contributed by atoms with van der Waals surface area (Å²) >= 11 is 0. The van der Waals surface area contributed by atoms with Gasteiger partial charge in [0.2, 0.25) is 0 Å². The Kier molecular flexibility index (Phi) is 6.58. The van der Waals surface area contributed by atoms with Gasteiger partial charge in [-0.15, -0.1) is 0 Å². The van der Waals surface area contributed by atoms with Crippen molar-refractivity contribution in [1.29, 1.82) is 0 Å². The monoisotopic (exact) mass is 390 g/mol. The first kappa shape index (κ1) is 20.1. The van der Waals surface area contributed by atoms with E-state index in [0.717, 1.165) is 11.1 Å². The van der Waals surface area contributed by atoms with E-state index in [-0.39, 0.29) is 11.5 Å². The Morgan fingerprint density at radius 1 is 0.897 bits per heavy atom. The van der Waals surface area contributed by atoms with Crippen molar-refractivity contribution in [3.63, 3.8) is 0 Å². The van der Waals surface area contributed by atoms with Gasteiger partial charge in [-0.2, -0.15) is 0 Å². The van der Waals surface area contributed by atoms with Gasteiger partial charge >= 0.3 is 5.97 Å². The smallest absolute Gasteiger partial charge is 0.344 e. The lowest BCUT2D eigenvalue weighted by atomic mass is 10.1. The summed E-state index contributed by atoms with van der Waals surface area (Å²) < 4.78 is 5.29. The van der Waals surface area contributed by atoms with Crippen LogP contribution in [-0.4, -0.2) is 27.9 Å². The molecule has 29 heavy (non-hydrogen) atoms. The van der Waals surface area contributed by atoms with Gasteiger partial charge in [0, 0.05) is 19.3 Å². The highest BCUT2D eigenvalue weighted by atomic mass is 16.5. The maximum absolute atomic E-state index is 13.1. The highest BCUT2D eigenvalue weighted by Gasteiger charge is 2.25. The third-order valence-corrected chi connectivity index (χ3v) is 4.41. The van der Waals surface area contributed by atoms with Crippen molar-refractivity contribution in [3.8, 4) is 0 Å². The van der Waals surface area contributed by atoms with Crippen molar-refractivity contribution in [2.75, 3.05) is 0 Å². The molecule has 148 valence electrons. The van der Waals surface area contributed by atoms with E-state index in [0.29, 0.717) is 13.1 Å². The number of H-pyrrole nitrogens is 1. The molecule has 1 atom stereocenters. The first-order chi connectivity index (χ1) is 14.0. The molecule has 6 heteroatoms. The van der Waals surface area contributed by atoms with Crippen LogP contribution in [0.5, 0.6) is 0 Å². The van der Waals surface area contributed by atoms with E-state index in [2.05, 4.69) is 4.98 Å². The third-order valence-electron chi connectivity index (χ3n) is 4.41. The third kappa shape index (κ3) is 5.42. The predicted molar refractivity (Wildman–Crippen MR) is 109 cm³/mol. The topological polar surface area (TPSA) is 79.5 Å². The first-order valence-corrected chi connectivity index (χ1v) is 9.30. The SMILES string of the molecule is C[C@@H](OC(=O)c1ccc[nH]c1=O)C(=O)N(Cc1ccccc1)Cc1ccccc1. The summed E-state index contributed by atoms with van der Waals surface area (Å²) in [6.45, 7) is 2.27. The van der Waals surface area contributed by atoms with Crippen LogP contribution in [-0.2, 0) is 22.6 Å². The maximum atomic E-state index is 13.1. The van der Waals surface area contributed by atoms with Crippen molar-refractivity contribution in [2.45, 2.75) is 26.1 Å². The number of nitrogens with zero attached hydrogens (tertiary/aromatic N) is 1. The first-order valence-electron chi connectivity index (χ1n) is 9.30. The van der Waals surface area contributed by atoms with Gasteiger partial charge in [0.05, 0.1) is 0 Å². The Labute approximate surface area is 168 Å². The van der Waals surface area contributed by atoms with Gasteiger partial charge in [-0.1, -0.05) is 60.7 Å². The van der Waals surface area contributed by atoms with E-state index in [1.165, 1.54) is 25.3 Å². The van der Waals surface area contributed by atoms with Crippen LogP contribution in [0.2, 0.25) is 0 Å². The number of aromatic nitrogens is 1. The highest BCUT2D eigenvalue weighted by molar-refractivity contribution is 5.91. The molecular formula is C23H22N2O4. The number of esters is 1. The Morgan fingerprint density at radius 3 is 1.97 bits per heavy atom. The molecule has 0 saturated heterocycles. The number of hydrogen-bond acceptors (Lipinski definition) is 4. The van der Waals surface area contributed by atoms with Gasteiger partial charge in [0.1, 0.15) is 5.56 Å². The van der Waals surface area contributed by atoms with Gasteiger partial charge < -0.3 is 14.6 Å². The Hall–Kier alpha value is -3.67. The number of amides is 1. The molecule has 3 aromatic rings. The number of ether oxygens (including phenoxy) is 1. The van der Waals surface area contributed by atoms with Crippen molar-refractivity contribution >= 4 is 11.9 Å². The van der Waals surface area contributed by atoms with Crippen LogP contribution in [0.3, 0.4) is 0 Å². The fourth-order valence-corrected chi connectivity index (χ4v) is 2.93. The van der Waals surface area contributed by atoms with Gasteiger partial charge in [-0.05, 0) is 30.2 Å². The molecule has 0 spiro atoms. The number of nitrogens with one attached hydrogen (secondary N) is 1. The van der Waals surface area contributed by atoms with Crippen LogP contribution in [0.4, 0.5) is 0 Å². The average Bonchev–Trinajstić information content (AvgIpc) is 2.74. The fourth-order valence-electron chi connectivity index (χ4n) is 2.93. The summed E-state index contributed by atoms with van der Waals surface area (Å²) in [5.74, 6) is -1.16. The Bertz CT molecular complexity index is 974. The molecule has 0 aliphatic heterocycles. The minimum Gasteiger partial charge on any atom is -0.449 e. The summed E-state index contributed by atoms with van der Waals surface area (Å²) in [5.41, 5.74) is 1.25. The number of pyridine rings is 1. The molecule has 6 nitrogen and oxygen atoms in total. The second-order valence-corrected chi connectivity index (χ2v) is 6.63. The van der Waals surface area contributed by atoms with E-state index < -0.39 is 17.6 Å². The number of carbonyl (C=O) groups excluding carboxylic acids is 2. The van der Waals surface area contributed by atoms with E-state index in [1.54, 1.807) is 4.90 Å². The highest BCUT2D eigenvalue weighted by Crippen LogP contribution is 2.13. The number of carbonyl (C=O) groups is 2. The van der Waals surface area contributed by atoms with Crippen LogP contribution in [0, 0.1) is 0 Å². The molecule has 0 aliphatic rings. The number of aromatic amines is 1. The van der Waals surface area contributed by atoms with Crippen molar-refractivity contribution in [1.82, 2.24) is 9.88 Å². The van der Waals surface area contributed by atoms with Crippen LogP contribution >= 0.6 is 0 Å². The molecule has 1 N–H and O–H groups in total. The number of hydrogen-bond donors (Lipinski definition) is 1. The largest absolute Gasteiger partial charge is 0.449 e. The second kappa shape index (κ2) is 9.50. The van der Waals surface area contributed by atoms with Crippen molar-refractivity contribution < 1.29 is 14.3 Å². The minimum absolute atomic E-state index is 0.134. The molecule has 1 amide bonds. The normalized spacial score (nSPS) is 11.5. The molecule has 0 saturated carbocycles. The maximum Gasteiger partial charge on any atom is 0.344 e. The molecule has 0 unspecified atom stereocenters. The van der Waals surface area contributed by atoms with Gasteiger partial charge in [-0.3, -0.25) is 9.59 Å². The van der Waals surface area contributed by atoms with Gasteiger partial charge in [-0.25, -0.2) is 4.79 Å². The second-order valence-electron chi connectivity index (χ2n) is 6.63. The lowest BCUT2D eigenvalue weighted by molar-refractivity contribution is -0.141. The van der Waals surface area contributed by atoms with Crippen LogP contribution in [0.25, 0.3) is 0 Å².